The van der Waals surface area contributed by atoms with Gasteiger partial charge in [0.25, 0.3) is 0 Å². The lowest BCUT2D eigenvalue weighted by Gasteiger charge is -2.39. The van der Waals surface area contributed by atoms with Gasteiger partial charge in [-0.15, -0.1) is 11.3 Å². The number of fused-ring (bicyclic) bond motifs is 2. The molecule has 2 aliphatic heterocycles. The Balaban J connectivity index is 1.50. The predicted octanol–water partition coefficient (Wildman–Crippen LogP) is 3.28. The van der Waals surface area contributed by atoms with Crippen LogP contribution in [0.15, 0.2) is 29.6 Å². The number of benzene rings is 2. The molecule has 2 atom stereocenters. The molecule has 3 aromatic rings. The summed E-state index contributed by atoms with van der Waals surface area (Å²) in [7, 11) is 1.28. The zero-order chi connectivity index (χ0) is 25.6. The molecule has 2 unspecified atom stereocenters. The number of aromatic carboxylic acids is 1. The quantitative estimate of drug-likeness (QED) is 0.383. The van der Waals surface area contributed by atoms with E-state index in [1.165, 1.54) is 24.6 Å². The van der Waals surface area contributed by atoms with Crippen LogP contribution in [0.25, 0.3) is 0 Å². The van der Waals surface area contributed by atoms with Crippen molar-refractivity contribution in [3.05, 3.63) is 57.3 Å². The Bertz CT molecular complexity index is 1330. The number of nitrogens with one attached hydrogen (secondary N) is 1. The molecule has 0 spiro atoms. The molecule has 1 aromatic heterocycles. The van der Waals surface area contributed by atoms with Crippen LogP contribution >= 0.6 is 11.3 Å². The minimum Gasteiger partial charge on any atom is -0.493 e. The molecule has 0 amide bonds. The maximum absolute atomic E-state index is 15.1. The number of thiophene rings is 1. The van der Waals surface area contributed by atoms with Gasteiger partial charge in [0, 0.05) is 23.1 Å². The molecule has 36 heavy (non-hydrogen) atoms. The molecule has 0 fully saturated rings. The second-order valence-corrected chi connectivity index (χ2v) is 8.67. The fourth-order valence-electron chi connectivity index (χ4n) is 4.07. The van der Waals surface area contributed by atoms with Gasteiger partial charge in [0.1, 0.15) is 30.5 Å². The second-order valence-electron chi connectivity index (χ2n) is 7.79. The molecule has 4 N–H and O–H groups in total. The number of carboxylic acids is 1. The van der Waals surface area contributed by atoms with E-state index < -0.39 is 30.2 Å². The molecule has 3 heterocycles. The lowest BCUT2D eigenvalue weighted by atomic mass is 10.1. The highest BCUT2D eigenvalue weighted by Gasteiger charge is 2.38. The fraction of sp³-hybridized carbons (Fsp3) is 0.261. The van der Waals surface area contributed by atoms with Gasteiger partial charge >= 0.3 is 5.97 Å². The van der Waals surface area contributed by atoms with Gasteiger partial charge in [-0.25, -0.2) is 13.6 Å². The van der Waals surface area contributed by atoms with Crippen LogP contribution in [0.1, 0.15) is 27.0 Å². The van der Waals surface area contributed by atoms with Crippen LogP contribution in [0.4, 0.5) is 20.2 Å². The summed E-state index contributed by atoms with van der Waals surface area (Å²) in [6.45, 7) is 0.215. The summed E-state index contributed by atoms with van der Waals surface area (Å²) in [5, 5.41) is 35.1. The summed E-state index contributed by atoms with van der Waals surface area (Å²) >= 11 is 0.852. The lowest BCUT2D eigenvalue weighted by Crippen LogP contribution is -2.47. The molecule has 13 heteroatoms. The first-order valence-electron chi connectivity index (χ1n) is 10.6. The Hall–Kier alpha value is -3.81. The maximum atomic E-state index is 15.1. The van der Waals surface area contributed by atoms with Crippen molar-refractivity contribution in [3.8, 4) is 23.0 Å². The molecule has 0 bridgehead atoms. The molecule has 2 aromatic carbocycles. The van der Waals surface area contributed by atoms with Crippen molar-refractivity contribution in [2.24, 2.45) is 0 Å². The second kappa shape index (κ2) is 9.33. The number of ether oxygens (including phenoxy) is 4. The minimum absolute atomic E-state index is 0.0226. The summed E-state index contributed by atoms with van der Waals surface area (Å²) < 4.78 is 51.7. The third-order valence-corrected chi connectivity index (χ3v) is 6.72. The van der Waals surface area contributed by atoms with Gasteiger partial charge < -0.3 is 39.6 Å². The fourth-order valence-corrected chi connectivity index (χ4v) is 4.95. The average Bonchev–Trinajstić information content (AvgIpc) is 3.29. The number of aliphatic hydroxyl groups is 2. The van der Waals surface area contributed by atoms with Crippen LogP contribution < -0.4 is 29.2 Å². The lowest BCUT2D eigenvalue weighted by molar-refractivity contribution is 0.0675. The Kier molecular flexibility index (Phi) is 6.20. The van der Waals surface area contributed by atoms with E-state index in [-0.39, 0.29) is 57.8 Å². The van der Waals surface area contributed by atoms with E-state index in [9.17, 15) is 24.5 Å². The number of anilines is 2. The number of halogens is 2. The number of carbonyl (C=O) groups is 1. The number of methoxy groups -OCH3 is 1. The standard InChI is InChI=1S/C23H20F2N2O8S/c1-32-16-6-12(25)14(27-21(28)18-13(26-23(27)31)9-36-20(18)22(29)30)7-17(16)35-8-10-11(24)2-3-15-19(10)34-5-4-33-15/h2-3,6-7,9,21,23,26,28,31H,4-5,8H2,1H3,(H,29,30). The van der Waals surface area contributed by atoms with Crippen molar-refractivity contribution in [1.82, 2.24) is 0 Å². The van der Waals surface area contributed by atoms with Gasteiger partial charge in [-0.1, -0.05) is 0 Å². The third kappa shape index (κ3) is 4.00. The first kappa shape index (κ1) is 23.9. The highest BCUT2D eigenvalue weighted by atomic mass is 32.1. The molecule has 0 saturated heterocycles. The zero-order valence-corrected chi connectivity index (χ0v) is 19.5. The van der Waals surface area contributed by atoms with E-state index in [0.717, 1.165) is 28.4 Å². The SMILES string of the molecule is COc1cc(F)c(N2C(O)Nc3csc(C(=O)O)c3C2O)cc1OCc1c(F)ccc2c1OCCO2. The van der Waals surface area contributed by atoms with Crippen molar-refractivity contribution in [3.63, 3.8) is 0 Å². The van der Waals surface area contributed by atoms with Crippen molar-refractivity contribution >= 4 is 28.7 Å². The maximum Gasteiger partial charge on any atom is 0.346 e. The normalized spacial score (nSPS) is 18.3. The summed E-state index contributed by atoms with van der Waals surface area (Å²) in [5.74, 6) is -2.28. The van der Waals surface area contributed by atoms with E-state index >= 15 is 4.39 Å². The third-order valence-electron chi connectivity index (χ3n) is 5.73. The number of rotatable bonds is 6. The first-order valence-corrected chi connectivity index (χ1v) is 11.5. The summed E-state index contributed by atoms with van der Waals surface area (Å²) in [5.41, 5.74) is -0.0494. The number of hydrogen-bond donors (Lipinski definition) is 4. The molecule has 5 rings (SSSR count). The van der Waals surface area contributed by atoms with E-state index in [4.69, 9.17) is 18.9 Å². The van der Waals surface area contributed by atoms with Crippen LogP contribution in [-0.4, -0.2) is 48.0 Å². The van der Waals surface area contributed by atoms with Crippen LogP contribution in [0.2, 0.25) is 0 Å². The van der Waals surface area contributed by atoms with Crippen LogP contribution in [0, 0.1) is 11.6 Å². The smallest absolute Gasteiger partial charge is 0.346 e. The van der Waals surface area contributed by atoms with Gasteiger partial charge in [-0.3, -0.25) is 4.90 Å². The van der Waals surface area contributed by atoms with E-state index in [1.54, 1.807) is 0 Å². The summed E-state index contributed by atoms with van der Waals surface area (Å²) in [4.78, 5) is 12.3. The number of carboxylic acid groups (broad SMARTS) is 1. The predicted molar refractivity (Wildman–Crippen MR) is 123 cm³/mol. The van der Waals surface area contributed by atoms with Crippen molar-refractivity contribution in [2.75, 3.05) is 30.5 Å². The van der Waals surface area contributed by atoms with E-state index in [1.807, 2.05) is 0 Å². The number of aliphatic hydroxyl groups excluding tert-OH is 2. The topological polar surface area (TPSA) is 130 Å². The molecular weight excluding hydrogens is 502 g/mol. The van der Waals surface area contributed by atoms with Gasteiger partial charge in [0.05, 0.1) is 24.0 Å². The van der Waals surface area contributed by atoms with Crippen molar-refractivity contribution < 1.29 is 47.8 Å². The Morgan fingerprint density at radius 2 is 1.97 bits per heavy atom. The Morgan fingerprint density at radius 1 is 1.19 bits per heavy atom. The number of nitrogens with zero attached hydrogens (tertiary/aromatic N) is 1. The molecule has 2 aliphatic rings. The summed E-state index contributed by atoms with van der Waals surface area (Å²) in [6.07, 6.45) is -3.31. The largest absolute Gasteiger partial charge is 0.493 e. The van der Waals surface area contributed by atoms with Gasteiger partial charge in [0.2, 0.25) is 6.35 Å². The monoisotopic (exact) mass is 522 g/mol. The van der Waals surface area contributed by atoms with Crippen LogP contribution in [0.5, 0.6) is 23.0 Å². The molecule has 0 aliphatic carbocycles. The van der Waals surface area contributed by atoms with Crippen LogP contribution in [0.3, 0.4) is 0 Å². The van der Waals surface area contributed by atoms with Crippen LogP contribution in [-0.2, 0) is 6.61 Å². The molecule has 190 valence electrons. The molecule has 0 radical (unpaired) electrons. The van der Waals surface area contributed by atoms with E-state index in [2.05, 4.69) is 5.32 Å². The van der Waals surface area contributed by atoms with Gasteiger partial charge in [-0.2, -0.15) is 0 Å². The van der Waals surface area contributed by atoms with Gasteiger partial charge in [-0.05, 0) is 12.1 Å². The first-order chi connectivity index (χ1) is 17.3. The van der Waals surface area contributed by atoms with Crippen molar-refractivity contribution in [2.45, 2.75) is 19.2 Å². The summed E-state index contributed by atoms with van der Waals surface area (Å²) in [6, 6.07) is 4.79. The molecular formula is C23H20F2N2O8S. The van der Waals surface area contributed by atoms with E-state index in [0.29, 0.717) is 12.4 Å². The average molecular weight is 522 g/mol. The molecule has 10 nitrogen and oxygen atoms in total. The molecule has 0 saturated carbocycles. The number of hydrogen-bond acceptors (Lipinski definition) is 10. The highest BCUT2D eigenvalue weighted by Crippen LogP contribution is 2.44. The van der Waals surface area contributed by atoms with Crippen molar-refractivity contribution in [1.29, 1.82) is 0 Å². The zero-order valence-electron chi connectivity index (χ0n) is 18.7. The Labute approximate surface area is 206 Å². The minimum atomic E-state index is -1.70. The van der Waals surface area contributed by atoms with Gasteiger partial charge in [0.15, 0.2) is 35.0 Å². The highest BCUT2D eigenvalue weighted by molar-refractivity contribution is 7.12. The Morgan fingerprint density at radius 3 is 2.72 bits per heavy atom.